The molecule has 1 aliphatic heterocycles. The van der Waals surface area contributed by atoms with Gasteiger partial charge in [0.05, 0.1) is 9.85 Å². The van der Waals surface area contributed by atoms with Gasteiger partial charge in [0.15, 0.2) is 5.12 Å². The summed E-state index contributed by atoms with van der Waals surface area (Å²) in [7, 11) is 0. The monoisotopic (exact) mass is 698 g/mol. The summed E-state index contributed by atoms with van der Waals surface area (Å²) in [5, 5.41) is 24.3. The molecule has 5 rings (SSSR count). The van der Waals surface area contributed by atoms with Crippen molar-refractivity contribution in [2.45, 2.75) is 50.8 Å². The molecule has 1 heterocycles. The number of hydrogen-bond acceptors (Lipinski definition) is 10. The number of amides is 2. The predicted octanol–water partition coefficient (Wildman–Crippen LogP) is 7.20. The highest BCUT2D eigenvalue weighted by molar-refractivity contribution is 8.14. The van der Waals surface area contributed by atoms with Crippen molar-refractivity contribution in [2.75, 3.05) is 6.54 Å². The maximum Gasteiger partial charge on any atom is 0.410 e. The van der Waals surface area contributed by atoms with Gasteiger partial charge in [0, 0.05) is 55.6 Å². The zero-order chi connectivity index (χ0) is 35.6. The molecule has 2 atom stereocenters. The van der Waals surface area contributed by atoms with Crippen LogP contribution in [0.1, 0.15) is 35.6 Å². The average Bonchev–Trinajstić information content (AvgIpc) is 3.50. The fourth-order valence-electron chi connectivity index (χ4n) is 5.56. The zero-order valence-electron chi connectivity index (χ0n) is 27.1. The normalized spacial score (nSPS) is 15.3. The van der Waals surface area contributed by atoms with Gasteiger partial charge in [-0.05, 0) is 70.5 Å². The van der Waals surface area contributed by atoms with Gasteiger partial charge in [-0.25, -0.2) is 9.59 Å². The fourth-order valence-corrected chi connectivity index (χ4v) is 6.58. The van der Waals surface area contributed by atoms with Crippen LogP contribution in [0, 0.1) is 20.2 Å². The minimum absolute atomic E-state index is 0.0101. The van der Waals surface area contributed by atoms with Crippen LogP contribution in [0.2, 0.25) is 0 Å². The Morgan fingerprint density at radius 1 is 0.740 bits per heavy atom. The molecule has 50 heavy (non-hydrogen) atoms. The molecule has 4 aromatic carbocycles. The predicted molar refractivity (Wildman–Crippen MR) is 186 cm³/mol. The molecule has 0 bridgehead atoms. The fraction of sp³-hybridized carbons (Fsp3) is 0.250. The molecule has 0 aliphatic carbocycles. The zero-order valence-corrected chi connectivity index (χ0v) is 27.9. The number of nitrogens with one attached hydrogen (secondary N) is 1. The molecule has 1 saturated heterocycles. The van der Waals surface area contributed by atoms with Crippen molar-refractivity contribution in [3.8, 4) is 11.1 Å². The number of hydrogen-bond donors (Lipinski definition) is 1. The van der Waals surface area contributed by atoms with Crippen LogP contribution < -0.4 is 5.32 Å². The Morgan fingerprint density at radius 3 is 1.72 bits per heavy atom. The number of carbonyl (C=O) groups is 3. The van der Waals surface area contributed by atoms with Gasteiger partial charge in [-0.15, -0.1) is 0 Å². The number of ether oxygens (including phenoxy) is 2. The molecule has 14 heteroatoms. The van der Waals surface area contributed by atoms with E-state index in [1.165, 1.54) is 55.1 Å². The highest BCUT2D eigenvalue weighted by atomic mass is 32.2. The molecule has 0 spiro atoms. The van der Waals surface area contributed by atoms with Crippen molar-refractivity contribution in [1.82, 2.24) is 10.2 Å². The van der Waals surface area contributed by atoms with Gasteiger partial charge in [-0.3, -0.25) is 25.0 Å². The molecule has 13 nitrogen and oxygen atoms in total. The SMILES string of the molecule is CC(=O)S[C@H]1C[C@@H](Cc2ccc(-c3ccc(CNC(=O)OCc4ccc([N+](=O)[O-])cc4)cc3)cc2)N(C(=O)OCc2ccc([N+](=O)[O-])cc2)C1. The summed E-state index contributed by atoms with van der Waals surface area (Å²) in [5.41, 5.74) is 5.06. The number of nitrogens with zero attached hydrogens (tertiary/aromatic N) is 3. The number of likely N-dealkylation sites (tertiary alicyclic amines) is 1. The van der Waals surface area contributed by atoms with E-state index in [0.717, 1.165) is 22.3 Å². The summed E-state index contributed by atoms with van der Waals surface area (Å²) >= 11 is 1.22. The van der Waals surface area contributed by atoms with Gasteiger partial charge in [-0.1, -0.05) is 60.3 Å². The van der Waals surface area contributed by atoms with Crippen molar-refractivity contribution in [3.05, 3.63) is 140 Å². The Balaban J connectivity index is 1.13. The largest absolute Gasteiger partial charge is 0.445 e. The molecule has 0 radical (unpaired) electrons. The summed E-state index contributed by atoms with van der Waals surface area (Å²) in [4.78, 5) is 59.5. The first-order valence-corrected chi connectivity index (χ1v) is 16.6. The van der Waals surface area contributed by atoms with E-state index >= 15 is 0 Å². The van der Waals surface area contributed by atoms with E-state index in [2.05, 4.69) is 5.32 Å². The van der Waals surface area contributed by atoms with E-state index in [1.54, 1.807) is 17.0 Å². The number of alkyl carbamates (subject to hydrolysis) is 1. The van der Waals surface area contributed by atoms with Crippen molar-refractivity contribution in [2.24, 2.45) is 0 Å². The standard InChI is InChI=1S/C36H34N4O9S/c1-24(41)50-34-19-33(38(21-34)36(43)49-23-28-8-16-32(17-9-28)40(46)47)18-25-2-10-29(11-3-25)30-12-4-26(5-13-30)20-37-35(42)48-22-27-6-14-31(15-7-27)39(44)45/h2-17,33-34H,18-23H2,1H3,(H,37,42)/t33-,34+/m1/s1. The van der Waals surface area contributed by atoms with Crippen LogP contribution >= 0.6 is 11.8 Å². The van der Waals surface area contributed by atoms with E-state index in [-0.39, 0.29) is 47.5 Å². The van der Waals surface area contributed by atoms with E-state index in [4.69, 9.17) is 9.47 Å². The minimum Gasteiger partial charge on any atom is -0.445 e. The number of benzene rings is 4. The van der Waals surface area contributed by atoms with E-state index in [1.807, 2.05) is 48.5 Å². The first-order valence-electron chi connectivity index (χ1n) is 15.7. The van der Waals surface area contributed by atoms with Gasteiger partial charge in [0.2, 0.25) is 0 Å². The van der Waals surface area contributed by atoms with E-state index in [9.17, 15) is 34.6 Å². The van der Waals surface area contributed by atoms with Crippen LogP contribution in [0.15, 0.2) is 97.1 Å². The number of non-ortho nitro benzene ring substituents is 2. The number of nitro benzene ring substituents is 2. The second kappa shape index (κ2) is 16.6. The topological polar surface area (TPSA) is 171 Å². The van der Waals surface area contributed by atoms with Gasteiger partial charge in [0.25, 0.3) is 11.4 Å². The number of nitro groups is 2. The van der Waals surface area contributed by atoms with Gasteiger partial charge >= 0.3 is 12.2 Å². The lowest BCUT2D eigenvalue weighted by Gasteiger charge is -2.24. The Bertz CT molecular complexity index is 1830. The maximum absolute atomic E-state index is 13.1. The van der Waals surface area contributed by atoms with Crippen molar-refractivity contribution < 1.29 is 33.7 Å². The highest BCUT2D eigenvalue weighted by Gasteiger charge is 2.37. The first kappa shape index (κ1) is 35.5. The highest BCUT2D eigenvalue weighted by Crippen LogP contribution is 2.31. The minimum atomic E-state index is -0.604. The maximum atomic E-state index is 13.1. The van der Waals surface area contributed by atoms with Crippen LogP contribution in [0.25, 0.3) is 11.1 Å². The van der Waals surface area contributed by atoms with Crippen LogP contribution in [0.3, 0.4) is 0 Å². The molecule has 0 aromatic heterocycles. The lowest BCUT2D eigenvalue weighted by Crippen LogP contribution is -2.37. The Hall–Kier alpha value is -5.76. The Labute approximate surface area is 291 Å². The lowest BCUT2D eigenvalue weighted by molar-refractivity contribution is -0.385. The third-order valence-corrected chi connectivity index (χ3v) is 9.13. The van der Waals surface area contributed by atoms with Gasteiger partial charge in [-0.2, -0.15) is 0 Å². The smallest absolute Gasteiger partial charge is 0.410 e. The van der Waals surface area contributed by atoms with Crippen LogP contribution in [-0.2, 0) is 40.4 Å². The molecular formula is C36H34N4O9S. The van der Waals surface area contributed by atoms with Crippen LogP contribution in [0.4, 0.5) is 21.0 Å². The van der Waals surface area contributed by atoms with Gasteiger partial charge in [0.1, 0.15) is 13.2 Å². The Morgan fingerprint density at radius 2 is 1.22 bits per heavy atom. The molecule has 1 fully saturated rings. The molecule has 0 saturated carbocycles. The molecular weight excluding hydrogens is 664 g/mol. The quantitative estimate of drug-likeness (QED) is 0.118. The first-order chi connectivity index (χ1) is 24.0. The Kier molecular flexibility index (Phi) is 11.8. The number of rotatable bonds is 12. The van der Waals surface area contributed by atoms with Crippen LogP contribution in [-0.4, -0.2) is 49.9 Å². The van der Waals surface area contributed by atoms with Crippen molar-refractivity contribution in [3.63, 3.8) is 0 Å². The molecule has 0 unspecified atom stereocenters. The molecule has 2 amide bonds. The molecule has 258 valence electrons. The van der Waals surface area contributed by atoms with Gasteiger partial charge < -0.3 is 19.7 Å². The number of carbonyl (C=O) groups excluding carboxylic acids is 3. The number of thioether (sulfide) groups is 1. The lowest BCUT2D eigenvalue weighted by atomic mass is 9.99. The summed E-state index contributed by atoms with van der Waals surface area (Å²) in [6, 6.07) is 27.2. The summed E-state index contributed by atoms with van der Waals surface area (Å²) in [6.07, 6.45) is 0.114. The van der Waals surface area contributed by atoms with Crippen LogP contribution in [0.5, 0.6) is 0 Å². The van der Waals surface area contributed by atoms with E-state index in [0.29, 0.717) is 30.5 Å². The average molecular weight is 699 g/mol. The second-order valence-electron chi connectivity index (χ2n) is 11.7. The molecule has 1 aliphatic rings. The molecule has 4 aromatic rings. The molecule has 1 N–H and O–H groups in total. The summed E-state index contributed by atoms with van der Waals surface area (Å²) < 4.78 is 10.8. The third-order valence-electron chi connectivity index (χ3n) is 8.12. The second-order valence-corrected chi connectivity index (χ2v) is 13.2. The summed E-state index contributed by atoms with van der Waals surface area (Å²) in [5.74, 6) is 0. The van der Waals surface area contributed by atoms with E-state index < -0.39 is 22.0 Å². The van der Waals surface area contributed by atoms with Crippen molar-refractivity contribution in [1.29, 1.82) is 0 Å². The summed E-state index contributed by atoms with van der Waals surface area (Å²) in [6.45, 7) is 2.12. The van der Waals surface area contributed by atoms with Crippen molar-refractivity contribution >= 4 is 40.4 Å². The third kappa shape index (κ3) is 9.89.